The highest BCUT2D eigenvalue weighted by Gasteiger charge is 2.08. The molecule has 0 saturated carbocycles. The molecule has 0 N–H and O–H groups in total. The van der Waals surface area contributed by atoms with E-state index in [9.17, 15) is 9.18 Å². The van der Waals surface area contributed by atoms with Crippen molar-refractivity contribution in [2.45, 2.75) is 30.4 Å². The summed E-state index contributed by atoms with van der Waals surface area (Å²) >= 11 is 2.96. The smallest absolute Gasteiger partial charge is 0.306 e. The highest BCUT2D eigenvalue weighted by Crippen LogP contribution is 2.26. The monoisotopic (exact) mass is 325 g/mol. The molecule has 112 valence electrons. The van der Waals surface area contributed by atoms with E-state index in [-0.39, 0.29) is 11.8 Å². The lowest BCUT2D eigenvalue weighted by atomic mass is 10.2. The number of hydrogen-bond donors (Lipinski definition) is 0. The fourth-order valence-corrected chi connectivity index (χ4v) is 3.48. The first-order valence-corrected chi connectivity index (χ1v) is 8.51. The van der Waals surface area contributed by atoms with Gasteiger partial charge in [-0.1, -0.05) is 12.1 Å². The van der Waals surface area contributed by atoms with Crippen LogP contribution >= 0.6 is 23.1 Å². The summed E-state index contributed by atoms with van der Waals surface area (Å²) in [4.78, 5) is 16.4. The SMILES string of the molecule is CCOC(=O)CCc1csc(CSc2ccccc2F)n1. The molecule has 0 spiro atoms. The number of aromatic nitrogens is 1. The lowest BCUT2D eigenvalue weighted by molar-refractivity contribution is -0.143. The first kappa shape index (κ1) is 16.0. The summed E-state index contributed by atoms with van der Waals surface area (Å²) < 4.78 is 18.4. The van der Waals surface area contributed by atoms with Gasteiger partial charge in [0.25, 0.3) is 0 Å². The molecular weight excluding hydrogens is 309 g/mol. The zero-order valence-electron chi connectivity index (χ0n) is 11.7. The molecule has 0 radical (unpaired) electrons. The van der Waals surface area contributed by atoms with Gasteiger partial charge in [-0.05, 0) is 19.1 Å². The second-order valence-corrected chi connectivity index (χ2v) is 6.22. The Labute approximate surface area is 131 Å². The standard InChI is InChI=1S/C15H16FNO2S2/c1-2-19-15(18)8-7-11-9-21-14(17-11)10-20-13-6-4-3-5-12(13)16/h3-6,9H,2,7-8,10H2,1H3. The normalized spacial score (nSPS) is 10.6. The Morgan fingerprint density at radius 1 is 1.43 bits per heavy atom. The van der Waals surface area contributed by atoms with Gasteiger partial charge < -0.3 is 4.74 Å². The number of hydrogen-bond acceptors (Lipinski definition) is 5. The highest BCUT2D eigenvalue weighted by atomic mass is 32.2. The molecule has 3 nitrogen and oxygen atoms in total. The molecule has 2 rings (SSSR count). The highest BCUT2D eigenvalue weighted by molar-refractivity contribution is 7.98. The van der Waals surface area contributed by atoms with E-state index in [1.165, 1.54) is 29.2 Å². The number of esters is 1. The second kappa shape index (κ2) is 8.14. The van der Waals surface area contributed by atoms with E-state index in [0.717, 1.165) is 10.7 Å². The Morgan fingerprint density at radius 2 is 2.24 bits per heavy atom. The maximum absolute atomic E-state index is 13.5. The molecule has 0 aliphatic rings. The minimum Gasteiger partial charge on any atom is -0.466 e. The molecule has 6 heteroatoms. The lowest BCUT2D eigenvalue weighted by Crippen LogP contribution is -2.05. The fraction of sp³-hybridized carbons (Fsp3) is 0.333. The molecule has 1 heterocycles. The van der Waals surface area contributed by atoms with Gasteiger partial charge in [-0.2, -0.15) is 0 Å². The van der Waals surface area contributed by atoms with Gasteiger partial charge in [0.1, 0.15) is 10.8 Å². The number of aryl methyl sites for hydroxylation is 1. The largest absolute Gasteiger partial charge is 0.466 e. The van der Waals surface area contributed by atoms with Crippen LogP contribution in [0.1, 0.15) is 24.0 Å². The van der Waals surface area contributed by atoms with Crippen molar-refractivity contribution in [2.24, 2.45) is 0 Å². The third kappa shape index (κ3) is 5.13. The Hall–Kier alpha value is -1.40. The molecule has 0 bridgehead atoms. The van der Waals surface area contributed by atoms with E-state index in [0.29, 0.717) is 30.1 Å². The molecule has 0 saturated heterocycles. The van der Waals surface area contributed by atoms with Crippen molar-refractivity contribution in [1.82, 2.24) is 4.98 Å². The summed E-state index contributed by atoms with van der Waals surface area (Å²) in [6, 6.07) is 6.71. The van der Waals surface area contributed by atoms with Gasteiger partial charge in [0.2, 0.25) is 0 Å². The fourth-order valence-electron chi connectivity index (χ4n) is 1.69. The minimum atomic E-state index is -0.207. The van der Waals surface area contributed by atoms with Crippen LogP contribution in [0.15, 0.2) is 34.5 Å². The van der Waals surface area contributed by atoms with Gasteiger partial charge in [-0.3, -0.25) is 4.79 Å². The predicted octanol–water partition coefficient (Wildman–Crippen LogP) is 4.07. The summed E-state index contributed by atoms with van der Waals surface area (Å²) in [5.41, 5.74) is 0.886. The van der Waals surface area contributed by atoms with Crippen LogP contribution in [0.5, 0.6) is 0 Å². The average Bonchev–Trinajstić information content (AvgIpc) is 2.93. The number of rotatable bonds is 7. The van der Waals surface area contributed by atoms with Crippen LogP contribution in [0, 0.1) is 5.82 Å². The van der Waals surface area contributed by atoms with Crippen molar-refractivity contribution in [1.29, 1.82) is 0 Å². The number of ether oxygens (including phenoxy) is 1. The molecule has 21 heavy (non-hydrogen) atoms. The molecule has 0 fully saturated rings. The summed E-state index contributed by atoms with van der Waals surface area (Å²) in [5, 5.41) is 2.87. The molecule has 1 aromatic carbocycles. The van der Waals surface area contributed by atoms with E-state index in [4.69, 9.17) is 4.74 Å². The van der Waals surface area contributed by atoms with Crippen LogP contribution in [0.3, 0.4) is 0 Å². The van der Waals surface area contributed by atoms with Crippen LogP contribution in [-0.2, 0) is 21.7 Å². The number of carbonyl (C=O) groups excluding carboxylic acids is 1. The molecule has 0 aliphatic carbocycles. The topological polar surface area (TPSA) is 39.2 Å². The van der Waals surface area contributed by atoms with E-state index < -0.39 is 0 Å². The van der Waals surface area contributed by atoms with Gasteiger partial charge in [-0.25, -0.2) is 9.37 Å². The molecule has 0 amide bonds. The average molecular weight is 325 g/mol. The van der Waals surface area contributed by atoms with E-state index in [1.807, 2.05) is 11.4 Å². The zero-order chi connectivity index (χ0) is 15.1. The summed E-state index contributed by atoms with van der Waals surface area (Å²) in [7, 11) is 0. The predicted molar refractivity (Wildman–Crippen MR) is 83.0 cm³/mol. The number of carbonyl (C=O) groups is 1. The Balaban J connectivity index is 1.83. The van der Waals surface area contributed by atoms with Crippen molar-refractivity contribution in [2.75, 3.05) is 6.61 Å². The summed E-state index contributed by atoms with van der Waals surface area (Å²) in [5.74, 6) is 0.222. The second-order valence-electron chi connectivity index (χ2n) is 4.26. The van der Waals surface area contributed by atoms with E-state index in [2.05, 4.69) is 4.98 Å². The van der Waals surface area contributed by atoms with Gasteiger partial charge in [0.05, 0.1) is 24.5 Å². The third-order valence-electron chi connectivity index (χ3n) is 2.68. The molecule has 1 aromatic heterocycles. The van der Waals surface area contributed by atoms with Crippen LogP contribution in [0.4, 0.5) is 4.39 Å². The summed E-state index contributed by atoms with van der Waals surface area (Å²) in [6.45, 7) is 2.19. The van der Waals surface area contributed by atoms with Crippen LogP contribution in [0.25, 0.3) is 0 Å². The maximum atomic E-state index is 13.5. The first-order valence-electron chi connectivity index (χ1n) is 6.65. The zero-order valence-corrected chi connectivity index (χ0v) is 13.3. The van der Waals surface area contributed by atoms with Crippen LogP contribution in [-0.4, -0.2) is 17.6 Å². The number of benzene rings is 1. The third-order valence-corrected chi connectivity index (χ3v) is 4.82. The number of thioether (sulfide) groups is 1. The van der Waals surface area contributed by atoms with Crippen molar-refractivity contribution < 1.29 is 13.9 Å². The Kier molecular flexibility index (Phi) is 6.20. The molecule has 0 aliphatic heterocycles. The first-order chi connectivity index (χ1) is 10.2. The quantitative estimate of drug-likeness (QED) is 0.568. The molecule has 2 aromatic rings. The molecule has 0 atom stereocenters. The van der Waals surface area contributed by atoms with Crippen molar-refractivity contribution >= 4 is 29.1 Å². The number of nitrogens with zero attached hydrogens (tertiary/aromatic N) is 1. The number of halogens is 1. The van der Waals surface area contributed by atoms with Gasteiger partial charge in [0.15, 0.2) is 0 Å². The van der Waals surface area contributed by atoms with Crippen LogP contribution in [0.2, 0.25) is 0 Å². The van der Waals surface area contributed by atoms with Crippen molar-refractivity contribution in [3.8, 4) is 0 Å². The van der Waals surface area contributed by atoms with Crippen LogP contribution < -0.4 is 0 Å². The van der Waals surface area contributed by atoms with Gasteiger partial charge >= 0.3 is 5.97 Å². The number of thiazole rings is 1. The maximum Gasteiger partial charge on any atom is 0.306 e. The minimum absolute atomic E-state index is 0.201. The van der Waals surface area contributed by atoms with E-state index >= 15 is 0 Å². The lowest BCUT2D eigenvalue weighted by Gasteiger charge is -2.00. The van der Waals surface area contributed by atoms with E-state index in [1.54, 1.807) is 19.1 Å². The van der Waals surface area contributed by atoms with Crippen molar-refractivity contribution in [3.63, 3.8) is 0 Å². The van der Waals surface area contributed by atoms with Crippen molar-refractivity contribution in [3.05, 3.63) is 46.2 Å². The molecular formula is C15H16FNO2S2. The Morgan fingerprint density at radius 3 is 3.00 bits per heavy atom. The van der Waals surface area contributed by atoms with Gasteiger partial charge in [-0.15, -0.1) is 23.1 Å². The molecule has 0 unspecified atom stereocenters. The Bertz CT molecular complexity index is 601. The summed E-state index contributed by atoms with van der Waals surface area (Å²) in [6.07, 6.45) is 0.928. The van der Waals surface area contributed by atoms with Gasteiger partial charge in [0, 0.05) is 16.7 Å².